The van der Waals surface area contributed by atoms with Crippen molar-refractivity contribution in [1.82, 2.24) is 5.16 Å². The van der Waals surface area contributed by atoms with Gasteiger partial charge in [0.15, 0.2) is 0 Å². The van der Waals surface area contributed by atoms with Gasteiger partial charge in [0.25, 0.3) is 0 Å². The van der Waals surface area contributed by atoms with Crippen molar-refractivity contribution in [3.05, 3.63) is 30.0 Å². The molecule has 4 heteroatoms. The van der Waals surface area contributed by atoms with Gasteiger partial charge in [0, 0.05) is 0 Å². The molecule has 0 saturated carbocycles. The molecule has 0 aliphatic rings. The number of methoxy groups -OCH3 is 1. The first-order valence-electron chi connectivity index (χ1n) is 6.54. The number of aromatic nitrogens is 1. The van der Waals surface area contributed by atoms with Gasteiger partial charge in [-0.3, -0.25) is 0 Å². The second-order valence-electron chi connectivity index (χ2n) is 4.82. The van der Waals surface area contributed by atoms with E-state index in [9.17, 15) is 0 Å². The van der Waals surface area contributed by atoms with Crippen molar-refractivity contribution in [1.29, 1.82) is 0 Å². The first-order valence-corrected chi connectivity index (χ1v) is 6.54. The van der Waals surface area contributed by atoms with Gasteiger partial charge < -0.3 is 15.0 Å². The number of nitrogen functional groups attached to an aromatic ring is 1. The minimum atomic E-state index is 0.367. The molecule has 0 spiro atoms. The first kappa shape index (κ1) is 13.5. The van der Waals surface area contributed by atoms with Crippen LogP contribution in [0.2, 0.25) is 0 Å². The minimum Gasteiger partial charge on any atom is -0.497 e. The van der Waals surface area contributed by atoms with Gasteiger partial charge in [0.05, 0.1) is 18.4 Å². The van der Waals surface area contributed by atoms with Crippen molar-refractivity contribution in [2.75, 3.05) is 12.8 Å². The fourth-order valence-corrected chi connectivity index (χ4v) is 2.04. The Morgan fingerprint density at radius 2 is 2.21 bits per heavy atom. The van der Waals surface area contributed by atoms with Crippen LogP contribution in [0.15, 0.2) is 28.8 Å². The molecule has 0 saturated heterocycles. The fourth-order valence-electron chi connectivity index (χ4n) is 2.04. The molecule has 0 amide bonds. The van der Waals surface area contributed by atoms with E-state index in [0.29, 0.717) is 11.8 Å². The summed E-state index contributed by atoms with van der Waals surface area (Å²) in [6, 6.07) is 7.78. The summed E-state index contributed by atoms with van der Waals surface area (Å²) in [5, 5.41) is 4.09. The molecule has 2 rings (SSSR count). The van der Waals surface area contributed by atoms with E-state index in [0.717, 1.165) is 35.4 Å². The monoisotopic (exact) mass is 260 g/mol. The lowest BCUT2D eigenvalue weighted by Crippen LogP contribution is -2.00. The molecule has 2 N–H and O–H groups in total. The Hall–Kier alpha value is -1.97. The molecule has 1 unspecified atom stereocenters. The van der Waals surface area contributed by atoms with Gasteiger partial charge in [0.2, 0.25) is 5.88 Å². The molecule has 19 heavy (non-hydrogen) atoms. The van der Waals surface area contributed by atoms with Gasteiger partial charge in [-0.1, -0.05) is 37.6 Å². The summed E-state index contributed by atoms with van der Waals surface area (Å²) in [7, 11) is 1.65. The average molecular weight is 260 g/mol. The average Bonchev–Trinajstić information content (AvgIpc) is 2.79. The van der Waals surface area contributed by atoms with Crippen molar-refractivity contribution >= 4 is 5.88 Å². The molecule has 0 aliphatic heterocycles. The van der Waals surface area contributed by atoms with Crippen molar-refractivity contribution < 1.29 is 9.26 Å². The van der Waals surface area contributed by atoms with E-state index in [1.165, 1.54) is 0 Å². The first-order chi connectivity index (χ1) is 9.15. The largest absolute Gasteiger partial charge is 0.497 e. The second kappa shape index (κ2) is 5.78. The van der Waals surface area contributed by atoms with E-state index in [4.69, 9.17) is 15.0 Å². The highest BCUT2D eigenvalue weighted by atomic mass is 16.5. The molecule has 0 aliphatic carbocycles. The summed E-state index contributed by atoms with van der Waals surface area (Å²) in [6.07, 6.45) is 1.97. The Bertz CT molecular complexity index is 549. The zero-order valence-electron chi connectivity index (χ0n) is 11.6. The van der Waals surface area contributed by atoms with Crippen molar-refractivity contribution in [3.63, 3.8) is 0 Å². The molecule has 4 nitrogen and oxygen atoms in total. The van der Waals surface area contributed by atoms with E-state index >= 15 is 0 Å². The zero-order valence-corrected chi connectivity index (χ0v) is 11.6. The molecule has 0 fully saturated rings. The maximum Gasteiger partial charge on any atom is 0.230 e. The maximum atomic E-state index is 5.91. The van der Waals surface area contributed by atoms with E-state index in [1.807, 2.05) is 24.3 Å². The van der Waals surface area contributed by atoms with Gasteiger partial charge in [-0.25, -0.2) is 0 Å². The second-order valence-corrected chi connectivity index (χ2v) is 4.82. The lowest BCUT2D eigenvalue weighted by molar-refractivity contribution is 0.415. The summed E-state index contributed by atoms with van der Waals surface area (Å²) in [5.41, 5.74) is 8.70. The highest BCUT2D eigenvalue weighted by molar-refractivity contribution is 5.75. The Balaban J connectivity index is 2.40. The summed E-state index contributed by atoms with van der Waals surface area (Å²) in [6.45, 7) is 4.36. The van der Waals surface area contributed by atoms with Crippen LogP contribution in [-0.2, 0) is 6.42 Å². The number of nitrogens with two attached hydrogens (primary N) is 1. The quantitative estimate of drug-likeness (QED) is 0.893. The van der Waals surface area contributed by atoms with Crippen LogP contribution in [0.3, 0.4) is 0 Å². The number of anilines is 1. The number of rotatable bonds is 5. The summed E-state index contributed by atoms with van der Waals surface area (Å²) >= 11 is 0. The normalized spacial score (nSPS) is 12.4. The molecule has 1 aromatic carbocycles. The van der Waals surface area contributed by atoms with Crippen LogP contribution >= 0.6 is 0 Å². The van der Waals surface area contributed by atoms with Crippen LogP contribution in [0.25, 0.3) is 11.1 Å². The minimum absolute atomic E-state index is 0.367. The summed E-state index contributed by atoms with van der Waals surface area (Å²) in [5.74, 6) is 1.72. The summed E-state index contributed by atoms with van der Waals surface area (Å²) in [4.78, 5) is 0. The van der Waals surface area contributed by atoms with Crippen LogP contribution in [0, 0.1) is 5.92 Å². The smallest absolute Gasteiger partial charge is 0.230 e. The Morgan fingerprint density at radius 1 is 1.42 bits per heavy atom. The van der Waals surface area contributed by atoms with Crippen LogP contribution in [0.5, 0.6) is 5.75 Å². The highest BCUT2D eigenvalue weighted by Crippen LogP contribution is 2.33. The topological polar surface area (TPSA) is 61.3 Å². The number of hydrogen-bond acceptors (Lipinski definition) is 4. The molecule has 1 atom stereocenters. The fraction of sp³-hybridized carbons (Fsp3) is 0.400. The van der Waals surface area contributed by atoms with Gasteiger partial charge in [0.1, 0.15) is 5.75 Å². The molecular formula is C15H20N2O2. The third kappa shape index (κ3) is 2.89. The van der Waals surface area contributed by atoms with E-state index < -0.39 is 0 Å². The predicted octanol–water partition coefficient (Wildman–Crippen LogP) is 3.52. The van der Waals surface area contributed by atoms with Gasteiger partial charge in [-0.15, -0.1) is 0 Å². The molecule has 1 heterocycles. The van der Waals surface area contributed by atoms with Crippen LogP contribution in [-0.4, -0.2) is 12.3 Å². The molecular weight excluding hydrogens is 240 g/mol. The number of ether oxygens (including phenoxy) is 1. The third-order valence-electron chi connectivity index (χ3n) is 3.39. The molecule has 0 bridgehead atoms. The third-order valence-corrected chi connectivity index (χ3v) is 3.39. The van der Waals surface area contributed by atoms with Crippen LogP contribution in [0.1, 0.15) is 26.0 Å². The van der Waals surface area contributed by atoms with Crippen molar-refractivity contribution in [3.8, 4) is 16.9 Å². The van der Waals surface area contributed by atoms with E-state index in [1.54, 1.807) is 7.11 Å². The van der Waals surface area contributed by atoms with Gasteiger partial charge in [-0.2, -0.15) is 0 Å². The molecule has 102 valence electrons. The van der Waals surface area contributed by atoms with Gasteiger partial charge in [-0.05, 0) is 30.0 Å². The van der Waals surface area contributed by atoms with E-state index in [-0.39, 0.29) is 0 Å². The zero-order chi connectivity index (χ0) is 13.8. The Labute approximate surface area is 113 Å². The molecule has 0 radical (unpaired) electrons. The Kier molecular flexibility index (Phi) is 4.10. The number of benzene rings is 1. The van der Waals surface area contributed by atoms with Crippen LogP contribution < -0.4 is 10.5 Å². The lowest BCUT2D eigenvalue weighted by atomic mass is 9.97. The Morgan fingerprint density at radius 3 is 2.89 bits per heavy atom. The number of hydrogen-bond donors (Lipinski definition) is 1. The van der Waals surface area contributed by atoms with E-state index in [2.05, 4.69) is 19.0 Å². The SMILES string of the molecule is CCC(C)Cc1noc(N)c1-c1cccc(OC)c1. The maximum absolute atomic E-state index is 5.91. The molecule has 1 aromatic heterocycles. The standard InChI is InChI=1S/C15H20N2O2/c1-4-10(2)8-13-14(15(16)19-17-13)11-6-5-7-12(9-11)18-3/h5-7,9-10H,4,8,16H2,1-3H3. The molecule has 2 aromatic rings. The predicted molar refractivity (Wildman–Crippen MR) is 76.1 cm³/mol. The highest BCUT2D eigenvalue weighted by Gasteiger charge is 2.17. The van der Waals surface area contributed by atoms with Crippen molar-refractivity contribution in [2.45, 2.75) is 26.7 Å². The number of nitrogens with zero attached hydrogens (tertiary/aromatic N) is 1. The summed E-state index contributed by atoms with van der Waals surface area (Å²) < 4.78 is 10.4. The lowest BCUT2D eigenvalue weighted by Gasteiger charge is -2.08. The van der Waals surface area contributed by atoms with Gasteiger partial charge >= 0.3 is 0 Å². The van der Waals surface area contributed by atoms with Crippen LogP contribution in [0.4, 0.5) is 5.88 Å². The van der Waals surface area contributed by atoms with Crippen molar-refractivity contribution in [2.24, 2.45) is 5.92 Å².